The van der Waals surface area contributed by atoms with Crippen LogP contribution < -0.4 is 5.84 Å². The number of hydrazine groups is 1. The van der Waals surface area contributed by atoms with E-state index < -0.39 is 0 Å². The van der Waals surface area contributed by atoms with E-state index in [4.69, 9.17) is 5.84 Å². The van der Waals surface area contributed by atoms with E-state index in [9.17, 15) is 0 Å². The quantitative estimate of drug-likeness (QED) is 0.849. The lowest BCUT2D eigenvalue weighted by atomic mass is 10.3. The van der Waals surface area contributed by atoms with Crippen LogP contribution in [-0.2, 0) is 0 Å². The second-order valence-electron chi connectivity index (χ2n) is 3.99. The third-order valence-electron chi connectivity index (χ3n) is 2.81. The van der Waals surface area contributed by atoms with Crippen LogP contribution in [0.1, 0.15) is 5.69 Å². The van der Waals surface area contributed by atoms with Crippen molar-refractivity contribution in [2.45, 2.75) is 0 Å². The van der Waals surface area contributed by atoms with Crippen LogP contribution in [0, 0.1) is 0 Å². The van der Waals surface area contributed by atoms with Crippen molar-refractivity contribution in [2.24, 2.45) is 10.8 Å². The SMILES string of the molecule is Cl.NN1CCN=C1c1c(Br)cnn1-c1ccccc1. The first-order chi connectivity index (χ1) is 8.77. The largest absolute Gasteiger partial charge is 0.291 e. The lowest BCUT2D eigenvalue weighted by Gasteiger charge is -2.15. The van der Waals surface area contributed by atoms with Gasteiger partial charge in [-0.25, -0.2) is 10.5 Å². The molecule has 0 saturated carbocycles. The predicted octanol–water partition coefficient (Wildman–Crippen LogP) is 1.99. The van der Waals surface area contributed by atoms with Gasteiger partial charge in [-0.05, 0) is 28.1 Å². The molecular weight excluding hydrogens is 330 g/mol. The van der Waals surface area contributed by atoms with Crippen LogP contribution in [0.15, 0.2) is 46.0 Å². The van der Waals surface area contributed by atoms with Gasteiger partial charge in [0.25, 0.3) is 0 Å². The minimum atomic E-state index is 0. The summed E-state index contributed by atoms with van der Waals surface area (Å²) in [6.07, 6.45) is 1.76. The van der Waals surface area contributed by atoms with Gasteiger partial charge in [-0.2, -0.15) is 5.10 Å². The van der Waals surface area contributed by atoms with Crippen LogP contribution in [0.5, 0.6) is 0 Å². The van der Waals surface area contributed by atoms with Gasteiger partial charge in [0, 0.05) is 0 Å². The van der Waals surface area contributed by atoms with Crippen LogP contribution in [-0.4, -0.2) is 33.7 Å². The van der Waals surface area contributed by atoms with Crippen molar-refractivity contribution in [1.29, 1.82) is 0 Å². The highest BCUT2D eigenvalue weighted by Crippen LogP contribution is 2.22. The normalized spacial score (nSPS) is 14.2. The molecule has 3 rings (SSSR count). The van der Waals surface area contributed by atoms with Crippen LogP contribution >= 0.6 is 28.3 Å². The molecule has 0 saturated heterocycles. The Morgan fingerprint density at radius 2 is 1.95 bits per heavy atom. The van der Waals surface area contributed by atoms with Crippen LogP contribution in [0.4, 0.5) is 0 Å². The summed E-state index contributed by atoms with van der Waals surface area (Å²) in [6, 6.07) is 9.93. The molecular formula is C12H13BrClN5. The average molecular weight is 343 g/mol. The van der Waals surface area contributed by atoms with E-state index in [-0.39, 0.29) is 12.4 Å². The molecule has 1 aromatic carbocycles. The van der Waals surface area contributed by atoms with E-state index in [1.807, 2.05) is 35.0 Å². The Hall–Kier alpha value is -1.37. The molecule has 100 valence electrons. The maximum Gasteiger partial charge on any atom is 0.165 e. The minimum Gasteiger partial charge on any atom is -0.291 e. The van der Waals surface area contributed by atoms with E-state index in [1.165, 1.54) is 0 Å². The molecule has 1 aliphatic rings. The molecule has 5 nitrogen and oxygen atoms in total. The zero-order chi connectivity index (χ0) is 12.5. The summed E-state index contributed by atoms with van der Waals surface area (Å²) in [4.78, 5) is 4.43. The third kappa shape index (κ3) is 2.51. The first-order valence-electron chi connectivity index (χ1n) is 5.63. The van der Waals surface area contributed by atoms with Crippen molar-refractivity contribution in [3.05, 3.63) is 46.7 Å². The summed E-state index contributed by atoms with van der Waals surface area (Å²) >= 11 is 3.51. The molecule has 0 fully saturated rings. The molecule has 2 heterocycles. The fourth-order valence-electron chi connectivity index (χ4n) is 1.97. The molecule has 19 heavy (non-hydrogen) atoms. The summed E-state index contributed by atoms with van der Waals surface area (Å²) in [5.74, 6) is 6.69. The Morgan fingerprint density at radius 1 is 1.21 bits per heavy atom. The van der Waals surface area contributed by atoms with Gasteiger partial charge in [0.1, 0.15) is 5.69 Å². The van der Waals surface area contributed by atoms with Crippen molar-refractivity contribution < 1.29 is 0 Å². The minimum absolute atomic E-state index is 0. The summed E-state index contributed by atoms with van der Waals surface area (Å²) in [7, 11) is 0. The molecule has 1 aromatic heterocycles. The number of benzene rings is 1. The second kappa shape index (κ2) is 5.73. The van der Waals surface area contributed by atoms with E-state index in [2.05, 4.69) is 26.0 Å². The first-order valence-corrected chi connectivity index (χ1v) is 6.42. The monoisotopic (exact) mass is 341 g/mol. The molecule has 0 aliphatic carbocycles. The van der Waals surface area contributed by atoms with E-state index >= 15 is 0 Å². The average Bonchev–Trinajstić information content (AvgIpc) is 2.96. The number of para-hydroxylation sites is 1. The highest BCUT2D eigenvalue weighted by Gasteiger charge is 2.23. The van der Waals surface area contributed by atoms with Crippen LogP contribution in [0.25, 0.3) is 5.69 Å². The maximum absolute atomic E-state index is 5.93. The summed E-state index contributed by atoms with van der Waals surface area (Å²) in [5, 5.41) is 6.03. The Kier molecular flexibility index (Phi) is 4.24. The molecule has 0 radical (unpaired) electrons. The Balaban J connectivity index is 0.00000133. The van der Waals surface area contributed by atoms with Crippen molar-refractivity contribution in [2.75, 3.05) is 13.1 Å². The van der Waals surface area contributed by atoms with Crippen molar-refractivity contribution in [3.8, 4) is 5.69 Å². The number of nitrogens with zero attached hydrogens (tertiary/aromatic N) is 4. The number of nitrogens with two attached hydrogens (primary N) is 1. The number of hydrogen-bond donors (Lipinski definition) is 1. The number of aromatic nitrogens is 2. The van der Waals surface area contributed by atoms with Gasteiger partial charge in [0.2, 0.25) is 0 Å². The summed E-state index contributed by atoms with van der Waals surface area (Å²) in [5.41, 5.74) is 1.88. The second-order valence-corrected chi connectivity index (χ2v) is 4.84. The highest BCUT2D eigenvalue weighted by atomic mass is 79.9. The Morgan fingerprint density at radius 3 is 2.58 bits per heavy atom. The van der Waals surface area contributed by atoms with Crippen molar-refractivity contribution in [3.63, 3.8) is 0 Å². The number of hydrogen-bond acceptors (Lipinski definition) is 4. The van der Waals surface area contributed by atoms with Gasteiger partial charge in [0.15, 0.2) is 5.84 Å². The number of amidine groups is 1. The Bertz CT molecular complexity index is 595. The zero-order valence-corrected chi connectivity index (χ0v) is 12.4. The Labute approximate surface area is 125 Å². The molecule has 1 aliphatic heterocycles. The fraction of sp³-hybridized carbons (Fsp3) is 0.167. The fourth-order valence-corrected chi connectivity index (χ4v) is 2.40. The van der Waals surface area contributed by atoms with Gasteiger partial charge in [-0.15, -0.1) is 12.4 Å². The molecule has 0 amide bonds. The van der Waals surface area contributed by atoms with Crippen LogP contribution in [0.3, 0.4) is 0 Å². The molecule has 7 heteroatoms. The van der Waals surface area contributed by atoms with Gasteiger partial charge >= 0.3 is 0 Å². The zero-order valence-electron chi connectivity index (χ0n) is 10.0. The highest BCUT2D eigenvalue weighted by molar-refractivity contribution is 9.10. The number of aliphatic imine (C=N–C) groups is 1. The van der Waals surface area contributed by atoms with Gasteiger partial charge in [-0.3, -0.25) is 10.0 Å². The predicted molar refractivity (Wildman–Crippen MR) is 80.8 cm³/mol. The van der Waals surface area contributed by atoms with Crippen molar-refractivity contribution >= 4 is 34.2 Å². The molecule has 0 unspecified atom stereocenters. The van der Waals surface area contributed by atoms with E-state index in [0.29, 0.717) is 0 Å². The topological polar surface area (TPSA) is 59.4 Å². The molecule has 2 N–H and O–H groups in total. The van der Waals surface area contributed by atoms with Gasteiger partial charge in [0.05, 0.1) is 29.4 Å². The van der Waals surface area contributed by atoms with Crippen LogP contribution in [0.2, 0.25) is 0 Å². The smallest absolute Gasteiger partial charge is 0.165 e. The molecule has 0 atom stereocenters. The van der Waals surface area contributed by atoms with E-state index in [1.54, 1.807) is 11.2 Å². The lowest BCUT2D eigenvalue weighted by Crippen LogP contribution is -2.36. The standard InChI is InChI=1S/C12H12BrN5.ClH/c13-10-8-16-18(9-4-2-1-3-5-9)11(10)12-15-6-7-17(12)14;/h1-5,8H,6-7,14H2;1H. The molecule has 0 bridgehead atoms. The third-order valence-corrected chi connectivity index (χ3v) is 3.39. The number of rotatable bonds is 2. The molecule has 2 aromatic rings. The lowest BCUT2D eigenvalue weighted by molar-refractivity contribution is 0.482. The van der Waals surface area contributed by atoms with Crippen molar-refractivity contribution in [1.82, 2.24) is 14.8 Å². The number of halogens is 2. The summed E-state index contributed by atoms with van der Waals surface area (Å²) in [6.45, 7) is 1.46. The maximum atomic E-state index is 5.93. The summed E-state index contributed by atoms with van der Waals surface area (Å²) < 4.78 is 2.73. The van der Waals surface area contributed by atoms with E-state index in [0.717, 1.165) is 34.8 Å². The first kappa shape index (κ1) is 14.0. The van der Waals surface area contributed by atoms with Gasteiger partial charge < -0.3 is 0 Å². The van der Waals surface area contributed by atoms with Gasteiger partial charge in [-0.1, -0.05) is 18.2 Å². The molecule has 0 spiro atoms.